The first-order valence-corrected chi connectivity index (χ1v) is 5.26. The Morgan fingerprint density at radius 1 is 1.29 bits per heavy atom. The Bertz CT molecular complexity index is 365. The monoisotopic (exact) mass is 189 g/mol. The molecule has 1 aromatic heterocycles. The summed E-state index contributed by atoms with van der Waals surface area (Å²) >= 11 is 0. The highest BCUT2D eigenvalue weighted by molar-refractivity contribution is 5.24. The molecular weight excluding hydrogens is 174 g/mol. The van der Waals surface area contributed by atoms with Crippen LogP contribution in [0.25, 0.3) is 0 Å². The van der Waals surface area contributed by atoms with Gasteiger partial charge in [0.15, 0.2) is 0 Å². The molecular formula is C11H15N3. The Labute approximate surface area is 83.8 Å². The summed E-state index contributed by atoms with van der Waals surface area (Å²) in [5.41, 5.74) is 8.24. The molecule has 2 unspecified atom stereocenters. The van der Waals surface area contributed by atoms with E-state index < -0.39 is 0 Å². The van der Waals surface area contributed by atoms with Crippen molar-refractivity contribution in [3.8, 4) is 0 Å². The Balaban J connectivity index is 1.98. The third-order valence-electron chi connectivity index (χ3n) is 3.67. The van der Waals surface area contributed by atoms with Crippen LogP contribution in [0, 0.1) is 18.8 Å². The van der Waals surface area contributed by atoms with E-state index in [9.17, 15) is 0 Å². The molecule has 3 nitrogen and oxygen atoms in total. The van der Waals surface area contributed by atoms with Crippen LogP contribution in [0.1, 0.15) is 30.7 Å². The lowest BCUT2D eigenvalue weighted by atomic mass is 9.89. The van der Waals surface area contributed by atoms with Crippen LogP contribution in [0.15, 0.2) is 12.4 Å². The molecule has 0 spiro atoms. The van der Waals surface area contributed by atoms with Gasteiger partial charge in [-0.05, 0) is 38.0 Å². The fourth-order valence-electron chi connectivity index (χ4n) is 2.92. The van der Waals surface area contributed by atoms with Crippen LogP contribution in [0.4, 0.5) is 0 Å². The van der Waals surface area contributed by atoms with Gasteiger partial charge in [0.05, 0.1) is 16.9 Å². The van der Waals surface area contributed by atoms with Crippen molar-refractivity contribution in [2.45, 2.75) is 31.7 Å². The van der Waals surface area contributed by atoms with Gasteiger partial charge in [-0.2, -0.15) is 0 Å². The van der Waals surface area contributed by atoms with E-state index in [1.165, 1.54) is 6.42 Å². The van der Waals surface area contributed by atoms with Crippen molar-refractivity contribution >= 4 is 0 Å². The average Bonchev–Trinajstić information content (AvgIpc) is 2.75. The lowest BCUT2D eigenvalue weighted by Crippen LogP contribution is -2.36. The summed E-state index contributed by atoms with van der Waals surface area (Å²) in [5.74, 6) is 1.75. The number of aryl methyl sites for hydroxylation is 1. The molecule has 0 radical (unpaired) electrons. The molecule has 1 heterocycles. The van der Waals surface area contributed by atoms with Crippen molar-refractivity contribution in [3.05, 3.63) is 23.8 Å². The van der Waals surface area contributed by atoms with Gasteiger partial charge < -0.3 is 5.73 Å². The molecule has 2 aliphatic carbocycles. The third kappa shape index (κ3) is 1.08. The summed E-state index contributed by atoms with van der Waals surface area (Å²) in [6.45, 7) is 2.00. The summed E-state index contributed by atoms with van der Waals surface area (Å²) in [6.07, 6.45) is 7.09. The smallest absolute Gasteiger partial charge is 0.0814 e. The van der Waals surface area contributed by atoms with Crippen molar-refractivity contribution in [1.82, 2.24) is 9.97 Å². The predicted octanol–water partition coefficient (Wildman–Crippen LogP) is 1.37. The summed E-state index contributed by atoms with van der Waals surface area (Å²) in [5, 5.41) is 0. The number of hydrogen-bond acceptors (Lipinski definition) is 3. The molecule has 14 heavy (non-hydrogen) atoms. The molecule has 3 heteroatoms. The molecule has 0 bridgehead atoms. The van der Waals surface area contributed by atoms with Gasteiger partial charge in [-0.1, -0.05) is 0 Å². The lowest BCUT2D eigenvalue weighted by molar-refractivity contribution is 0.395. The quantitative estimate of drug-likeness (QED) is 0.726. The van der Waals surface area contributed by atoms with E-state index in [1.807, 2.05) is 6.92 Å². The van der Waals surface area contributed by atoms with Crippen molar-refractivity contribution < 1.29 is 0 Å². The van der Waals surface area contributed by atoms with Gasteiger partial charge in [-0.15, -0.1) is 0 Å². The normalized spacial score (nSPS) is 39.6. The van der Waals surface area contributed by atoms with Crippen LogP contribution in [0.5, 0.6) is 0 Å². The SMILES string of the molecule is Cc1nccnc1C1(N)CC2CC2C1. The molecule has 2 atom stereocenters. The van der Waals surface area contributed by atoms with Crippen LogP contribution in [-0.2, 0) is 5.54 Å². The highest BCUT2D eigenvalue weighted by Crippen LogP contribution is 2.58. The molecule has 2 N–H and O–H groups in total. The third-order valence-corrected chi connectivity index (χ3v) is 3.67. The standard InChI is InChI=1S/C11H15N3/c1-7-10(14-3-2-13-7)11(12)5-8-4-9(8)6-11/h2-3,8-9H,4-6,12H2,1H3. The van der Waals surface area contributed by atoms with E-state index in [0.29, 0.717) is 0 Å². The zero-order chi connectivity index (χ0) is 9.76. The maximum atomic E-state index is 6.40. The van der Waals surface area contributed by atoms with E-state index in [2.05, 4.69) is 9.97 Å². The number of aromatic nitrogens is 2. The van der Waals surface area contributed by atoms with Crippen molar-refractivity contribution in [2.75, 3.05) is 0 Å². The molecule has 2 fully saturated rings. The first kappa shape index (κ1) is 8.36. The molecule has 0 aromatic carbocycles. The second-order valence-corrected chi connectivity index (χ2v) is 4.81. The van der Waals surface area contributed by atoms with E-state index in [0.717, 1.165) is 36.1 Å². The molecule has 0 amide bonds. The van der Waals surface area contributed by atoms with Crippen LogP contribution in [0.2, 0.25) is 0 Å². The number of nitrogens with zero attached hydrogens (tertiary/aromatic N) is 2. The Hall–Kier alpha value is -0.960. The number of fused-ring (bicyclic) bond motifs is 1. The zero-order valence-electron chi connectivity index (χ0n) is 8.40. The molecule has 2 saturated carbocycles. The maximum absolute atomic E-state index is 6.40. The van der Waals surface area contributed by atoms with E-state index >= 15 is 0 Å². The van der Waals surface area contributed by atoms with Gasteiger partial charge in [-0.25, -0.2) is 0 Å². The van der Waals surface area contributed by atoms with Crippen molar-refractivity contribution in [2.24, 2.45) is 17.6 Å². The fraction of sp³-hybridized carbons (Fsp3) is 0.636. The molecule has 0 aliphatic heterocycles. The van der Waals surface area contributed by atoms with Gasteiger partial charge in [0.25, 0.3) is 0 Å². The van der Waals surface area contributed by atoms with Crippen LogP contribution < -0.4 is 5.73 Å². The van der Waals surface area contributed by atoms with Gasteiger partial charge in [-0.3, -0.25) is 9.97 Å². The summed E-state index contributed by atoms with van der Waals surface area (Å²) in [6, 6.07) is 0. The molecule has 0 saturated heterocycles. The van der Waals surface area contributed by atoms with Crippen LogP contribution in [-0.4, -0.2) is 9.97 Å². The highest BCUT2D eigenvalue weighted by atomic mass is 14.9. The molecule has 2 aliphatic rings. The number of rotatable bonds is 1. The topological polar surface area (TPSA) is 51.8 Å². The predicted molar refractivity (Wildman–Crippen MR) is 53.5 cm³/mol. The summed E-state index contributed by atoms with van der Waals surface area (Å²) in [7, 11) is 0. The molecule has 1 aromatic rings. The van der Waals surface area contributed by atoms with E-state index in [4.69, 9.17) is 5.73 Å². The second kappa shape index (κ2) is 2.54. The van der Waals surface area contributed by atoms with Crippen LogP contribution in [0.3, 0.4) is 0 Å². The maximum Gasteiger partial charge on any atom is 0.0814 e. The van der Waals surface area contributed by atoms with Gasteiger partial charge in [0.2, 0.25) is 0 Å². The van der Waals surface area contributed by atoms with Gasteiger partial charge in [0, 0.05) is 12.4 Å². The fourth-order valence-corrected chi connectivity index (χ4v) is 2.92. The highest BCUT2D eigenvalue weighted by Gasteiger charge is 2.53. The summed E-state index contributed by atoms with van der Waals surface area (Å²) < 4.78 is 0. The van der Waals surface area contributed by atoms with E-state index in [1.54, 1.807) is 12.4 Å². The average molecular weight is 189 g/mol. The molecule has 74 valence electrons. The van der Waals surface area contributed by atoms with Gasteiger partial charge in [0.1, 0.15) is 0 Å². The number of hydrogen-bond donors (Lipinski definition) is 1. The number of nitrogens with two attached hydrogens (primary N) is 1. The minimum absolute atomic E-state index is 0.175. The Morgan fingerprint density at radius 3 is 2.57 bits per heavy atom. The van der Waals surface area contributed by atoms with Crippen LogP contribution >= 0.6 is 0 Å². The van der Waals surface area contributed by atoms with Gasteiger partial charge >= 0.3 is 0 Å². The molecule has 3 rings (SSSR count). The second-order valence-electron chi connectivity index (χ2n) is 4.81. The summed E-state index contributed by atoms with van der Waals surface area (Å²) in [4.78, 5) is 8.67. The first-order valence-electron chi connectivity index (χ1n) is 5.26. The van der Waals surface area contributed by atoms with Crippen molar-refractivity contribution in [1.29, 1.82) is 0 Å². The van der Waals surface area contributed by atoms with Crippen molar-refractivity contribution in [3.63, 3.8) is 0 Å². The Morgan fingerprint density at radius 2 is 1.93 bits per heavy atom. The van der Waals surface area contributed by atoms with E-state index in [-0.39, 0.29) is 5.54 Å². The minimum Gasteiger partial charge on any atom is -0.320 e. The zero-order valence-corrected chi connectivity index (χ0v) is 8.40. The minimum atomic E-state index is -0.175. The first-order chi connectivity index (χ1) is 6.69. The largest absolute Gasteiger partial charge is 0.320 e. The lowest BCUT2D eigenvalue weighted by Gasteiger charge is -2.26. The Kier molecular flexibility index (Phi) is 1.52.